The second-order valence-corrected chi connectivity index (χ2v) is 6.35. The van der Waals surface area contributed by atoms with Crippen molar-refractivity contribution in [1.29, 1.82) is 0 Å². The van der Waals surface area contributed by atoms with Gasteiger partial charge in [-0.05, 0) is 24.2 Å². The summed E-state index contributed by atoms with van der Waals surface area (Å²) in [5, 5.41) is 0. The Morgan fingerprint density at radius 2 is 1.25 bits per heavy atom. The number of carbonyl (C=O) groups is 2. The van der Waals surface area contributed by atoms with E-state index >= 15 is 0 Å². The zero-order valence-corrected chi connectivity index (χ0v) is 13.8. The van der Waals surface area contributed by atoms with Crippen LogP contribution < -0.4 is 0 Å². The standard InChI is InChI=1S/C16H30O4/c1-7-13(6)8-14(15(17)19-9-11(2)3)16(18)20-10-12(4)5/h11-14H,7-10H2,1-6H3. The SMILES string of the molecule is CCC(C)CC(C(=O)OCC(C)C)C(=O)OCC(C)C. The van der Waals surface area contributed by atoms with Crippen molar-refractivity contribution in [2.24, 2.45) is 23.7 Å². The van der Waals surface area contributed by atoms with Gasteiger partial charge in [-0.25, -0.2) is 0 Å². The monoisotopic (exact) mass is 286 g/mol. The van der Waals surface area contributed by atoms with Crippen LogP contribution in [0.1, 0.15) is 54.4 Å². The van der Waals surface area contributed by atoms with Gasteiger partial charge in [-0.15, -0.1) is 0 Å². The van der Waals surface area contributed by atoms with Gasteiger partial charge in [-0.2, -0.15) is 0 Å². The Hall–Kier alpha value is -1.06. The van der Waals surface area contributed by atoms with Gasteiger partial charge in [0, 0.05) is 0 Å². The van der Waals surface area contributed by atoms with E-state index in [1.54, 1.807) is 0 Å². The van der Waals surface area contributed by atoms with Crippen molar-refractivity contribution in [2.45, 2.75) is 54.4 Å². The molecule has 0 aliphatic carbocycles. The fourth-order valence-electron chi connectivity index (χ4n) is 1.56. The van der Waals surface area contributed by atoms with Gasteiger partial charge in [0.2, 0.25) is 0 Å². The molecular weight excluding hydrogens is 256 g/mol. The van der Waals surface area contributed by atoms with Crippen LogP contribution in [0.3, 0.4) is 0 Å². The molecule has 0 bridgehead atoms. The average Bonchev–Trinajstić information content (AvgIpc) is 2.38. The van der Waals surface area contributed by atoms with Crippen LogP contribution in [-0.4, -0.2) is 25.2 Å². The van der Waals surface area contributed by atoms with Crippen molar-refractivity contribution in [3.8, 4) is 0 Å². The Bertz CT molecular complexity index is 273. The van der Waals surface area contributed by atoms with Crippen molar-refractivity contribution >= 4 is 11.9 Å². The minimum Gasteiger partial charge on any atom is -0.465 e. The quantitative estimate of drug-likeness (QED) is 0.481. The van der Waals surface area contributed by atoms with E-state index in [2.05, 4.69) is 0 Å². The second kappa shape index (κ2) is 9.78. The van der Waals surface area contributed by atoms with E-state index in [9.17, 15) is 9.59 Å². The van der Waals surface area contributed by atoms with E-state index < -0.39 is 17.9 Å². The lowest BCUT2D eigenvalue weighted by Crippen LogP contribution is -2.31. The van der Waals surface area contributed by atoms with Crippen LogP contribution >= 0.6 is 0 Å². The summed E-state index contributed by atoms with van der Waals surface area (Å²) in [4.78, 5) is 24.1. The summed E-state index contributed by atoms with van der Waals surface area (Å²) in [7, 11) is 0. The van der Waals surface area contributed by atoms with Crippen LogP contribution in [0.4, 0.5) is 0 Å². The van der Waals surface area contributed by atoms with Crippen LogP contribution in [0, 0.1) is 23.7 Å². The van der Waals surface area contributed by atoms with Gasteiger partial charge in [-0.1, -0.05) is 48.0 Å². The topological polar surface area (TPSA) is 52.6 Å². The lowest BCUT2D eigenvalue weighted by atomic mass is 9.94. The first-order chi connectivity index (χ1) is 9.27. The molecule has 1 unspecified atom stereocenters. The number of hydrogen-bond donors (Lipinski definition) is 0. The van der Waals surface area contributed by atoms with Crippen LogP contribution in [0.5, 0.6) is 0 Å². The normalized spacial score (nSPS) is 12.8. The van der Waals surface area contributed by atoms with Crippen LogP contribution in [0.25, 0.3) is 0 Å². The lowest BCUT2D eigenvalue weighted by molar-refractivity contribution is -0.164. The Balaban J connectivity index is 4.61. The van der Waals surface area contributed by atoms with E-state index in [1.807, 2.05) is 41.5 Å². The maximum atomic E-state index is 12.1. The summed E-state index contributed by atoms with van der Waals surface area (Å²) in [6.45, 7) is 12.6. The minimum atomic E-state index is -0.789. The molecule has 0 amide bonds. The molecule has 118 valence electrons. The number of rotatable bonds is 9. The van der Waals surface area contributed by atoms with E-state index in [0.717, 1.165) is 6.42 Å². The predicted molar refractivity (Wildman–Crippen MR) is 79.2 cm³/mol. The predicted octanol–water partition coefficient (Wildman–Crippen LogP) is 3.44. The van der Waals surface area contributed by atoms with Crippen molar-refractivity contribution in [2.75, 3.05) is 13.2 Å². The van der Waals surface area contributed by atoms with Crippen LogP contribution in [0.2, 0.25) is 0 Å². The van der Waals surface area contributed by atoms with E-state index in [4.69, 9.17) is 9.47 Å². The Morgan fingerprint density at radius 1 is 0.850 bits per heavy atom. The largest absolute Gasteiger partial charge is 0.465 e. The maximum Gasteiger partial charge on any atom is 0.320 e. The van der Waals surface area contributed by atoms with E-state index in [-0.39, 0.29) is 17.8 Å². The molecule has 4 nitrogen and oxygen atoms in total. The molecule has 0 aromatic carbocycles. The molecule has 0 aromatic heterocycles. The Kier molecular flexibility index (Phi) is 9.26. The summed E-state index contributed by atoms with van der Waals surface area (Å²) >= 11 is 0. The van der Waals surface area contributed by atoms with Gasteiger partial charge < -0.3 is 9.47 Å². The Labute approximate surface area is 123 Å². The van der Waals surface area contributed by atoms with Crippen molar-refractivity contribution < 1.29 is 19.1 Å². The highest BCUT2D eigenvalue weighted by Gasteiger charge is 2.31. The Morgan fingerprint density at radius 3 is 1.55 bits per heavy atom. The number of carbonyl (C=O) groups excluding carboxylic acids is 2. The van der Waals surface area contributed by atoms with Crippen LogP contribution in [0.15, 0.2) is 0 Å². The highest BCUT2D eigenvalue weighted by molar-refractivity contribution is 5.94. The third-order valence-electron chi connectivity index (χ3n) is 3.02. The molecule has 0 rings (SSSR count). The number of hydrogen-bond acceptors (Lipinski definition) is 4. The first kappa shape index (κ1) is 18.9. The molecule has 0 N–H and O–H groups in total. The van der Waals surface area contributed by atoms with Crippen molar-refractivity contribution in [3.05, 3.63) is 0 Å². The molecule has 4 heteroatoms. The lowest BCUT2D eigenvalue weighted by Gasteiger charge is -2.19. The fraction of sp³-hybridized carbons (Fsp3) is 0.875. The molecular formula is C16H30O4. The molecule has 0 heterocycles. The summed E-state index contributed by atoms with van der Waals surface area (Å²) in [5.74, 6) is -0.883. The van der Waals surface area contributed by atoms with Gasteiger partial charge >= 0.3 is 11.9 Å². The first-order valence-corrected chi connectivity index (χ1v) is 7.61. The van der Waals surface area contributed by atoms with Crippen molar-refractivity contribution in [3.63, 3.8) is 0 Å². The minimum absolute atomic E-state index is 0.259. The zero-order valence-electron chi connectivity index (χ0n) is 13.8. The summed E-state index contributed by atoms with van der Waals surface area (Å²) in [6, 6.07) is 0. The summed E-state index contributed by atoms with van der Waals surface area (Å²) in [5.41, 5.74) is 0. The zero-order chi connectivity index (χ0) is 15.7. The van der Waals surface area contributed by atoms with Gasteiger partial charge in [-0.3, -0.25) is 9.59 Å². The third kappa shape index (κ3) is 8.18. The molecule has 0 aliphatic heterocycles. The first-order valence-electron chi connectivity index (χ1n) is 7.61. The molecule has 1 atom stereocenters. The fourth-order valence-corrected chi connectivity index (χ4v) is 1.56. The summed E-state index contributed by atoms with van der Waals surface area (Å²) < 4.78 is 10.4. The van der Waals surface area contributed by atoms with Gasteiger partial charge in [0.1, 0.15) is 0 Å². The molecule has 0 saturated carbocycles. The van der Waals surface area contributed by atoms with E-state index in [1.165, 1.54) is 0 Å². The highest BCUT2D eigenvalue weighted by atomic mass is 16.6. The van der Waals surface area contributed by atoms with Crippen LogP contribution in [-0.2, 0) is 19.1 Å². The molecule has 20 heavy (non-hydrogen) atoms. The molecule has 0 radical (unpaired) electrons. The van der Waals surface area contributed by atoms with E-state index in [0.29, 0.717) is 19.6 Å². The molecule has 0 saturated heterocycles. The maximum absolute atomic E-state index is 12.1. The van der Waals surface area contributed by atoms with Crippen molar-refractivity contribution in [1.82, 2.24) is 0 Å². The second-order valence-electron chi connectivity index (χ2n) is 6.35. The average molecular weight is 286 g/mol. The smallest absolute Gasteiger partial charge is 0.320 e. The summed E-state index contributed by atoms with van der Waals surface area (Å²) in [6.07, 6.45) is 1.41. The molecule has 0 aliphatic rings. The number of esters is 2. The van der Waals surface area contributed by atoms with Gasteiger partial charge in [0.05, 0.1) is 13.2 Å². The molecule has 0 spiro atoms. The third-order valence-corrected chi connectivity index (χ3v) is 3.02. The molecule has 0 aromatic rings. The van der Waals surface area contributed by atoms with Gasteiger partial charge in [0.15, 0.2) is 5.92 Å². The highest BCUT2D eigenvalue weighted by Crippen LogP contribution is 2.19. The molecule has 0 fully saturated rings. The number of ether oxygens (including phenoxy) is 2. The van der Waals surface area contributed by atoms with Gasteiger partial charge in [0.25, 0.3) is 0 Å².